The van der Waals surface area contributed by atoms with E-state index in [-0.39, 0.29) is 18.5 Å². The summed E-state index contributed by atoms with van der Waals surface area (Å²) in [7, 11) is 1.65. The highest BCUT2D eigenvalue weighted by atomic mass is 32.2. The molecule has 1 aliphatic rings. The van der Waals surface area contributed by atoms with Crippen molar-refractivity contribution < 1.29 is 19.0 Å². The van der Waals surface area contributed by atoms with Gasteiger partial charge in [-0.2, -0.15) is 0 Å². The first-order valence-corrected chi connectivity index (χ1v) is 12.2. The van der Waals surface area contributed by atoms with E-state index in [0.29, 0.717) is 22.2 Å². The molecule has 0 fully saturated rings. The summed E-state index contributed by atoms with van der Waals surface area (Å²) in [6, 6.07) is 16.9. The number of carbonyl (C=O) groups is 1. The lowest BCUT2D eigenvalue weighted by Crippen LogP contribution is -2.14. The van der Waals surface area contributed by atoms with Crippen LogP contribution >= 0.6 is 23.1 Å². The fourth-order valence-corrected chi connectivity index (χ4v) is 4.97. The smallest absolute Gasteiger partial charge is 0.234 e. The summed E-state index contributed by atoms with van der Waals surface area (Å²) in [6.45, 7) is 2.16. The van der Waals surface area contributed by atoms with Crippen molar-refractivity contribution in [3.05, 3.63) is 60.3 Å². The number of hydrogen-bond donors (Lipinski definition) is 1. The van der Waals surface area contributed by atoms with Gasteiger partial charge >= 0.3 is 0 Å². The third kappa shape index (κ3) is 4.82. The number of aryl methyl sites for hydroxylation is 1. The van der Waals surface area contributed by atoms with E-state index in [9.17, 15) is 4.79 Å². The van der Waals surface area contributed by atoms with E-state index in [2.05, 4.69) is 15.5 Å². The molecule has 0 aliphatic carbocycles. The van der Waals surface area contributed by atoms with Crippen molar-refractivity contribution in [3.63, 3.8) is 0 Å². The van der Waals surface area contributed by atoms with Gasteiger partial charge in [-0.05, 0) is 55.5 Å². The number of thioether (sulfide) groups is 1. The van der Waals surface area contributed by atoms with Gasteiger partial charge in [0.15, 0.2) is 11.5 Å². The minimum Gasteiger partial charge on any atom is -0.497 e. The summed E-state index contributed by atoms with van der Waals surface area (Å²) in [5.74, 6) is 2.18. The van der Waals surface area contributed by atoms with E-state index in [4.69, 9.17) is 19.2 Å². The summed E-state index contributed by atoms with van der Waals surface area (Å²) in [4.78, 5) is 18.0. The first-order chi connectivity index (χ1) is 16.6. The van der Waals surface area contributed by atoms with Crippen LogP contribution in [0.15, 0.2) is 59.6 Å². The fraction of sp³-hybridized carbons (Fsp3) is 0.167. The molecule has 1 amide bonds. The molecule has 0 atom stereocenters. The Bertz CT molecular complexity index is 1320. The predicted octanol–water partition coefficient (Wildman–Crippen LogP) is 5.04. The number of amides is 1. The molecule has 0 unspecified atom stereocenters. The monoisotopic (exact) mass is 492 g/mol. The maximum Gasteiger partial charge on any atom is 0.234 e. The van der Waals surface area contributed by atoms with E-state index < -0.39 is 0 Å². The molecule has 172 valence electrons. The number of thiazole rings is 1. The summed E-state index contributed by atoms with van der Waals surface area (Å²) in [6.07, 6.45) is 0. The highest BCUT2D eigenvalue weighted by molar-refractivity contribution is 7.99. The van der Waals surface area contributed by atoms with Crippen molar-refractivity contribution in [1.82, 2.24) is 15.2 Å². The number of nitrogens with one attached hydrogen (secondary N) is 1. The van der Waals surface area contributed by atoms with Crippen LogP contribution in [0.3, 0.4) is 0 Å². The number of ether oxygens (including phenoxy) is 3. The Hall–Kier alpha value is -3.63. The van der Waals surface area contributed by atoms with Gasteiger partial charge in [0.05, 0.1) is 23.4 Å². The molecular formula is C24H20N4O4S2. The zero-order valence-electron chi connectivity index (χ0n) is 18.4. The van der Waals surface area contributed by atoms with Gasteiger partial charge in [0.2, 0.25) is 12.7 Å². The molecule has 5 rings (SSSR count). The van der Waals surface area contributed by atoms with Crippen LogP contribution in [-0.4, -0.2) is 40.7 Å². The largest absolute Gasteiger partial charge is 0.497 e. The third-order valence-electron chi connectivity index (χ3n) is 5.01. The zero-order chi connectivity index (χ0) is 23.5. The van der Waals surface area contributed by atoms with Crippen LogP contribution in [0.1, 0.15) is 5.69 Å². The quantitative estimate of drug-likeness (QED) is 0.359. The molecule has 2 aromatic heterocycles. The number of anilines is 1. The van der Waals surface area contributed by atoms with Crippen LogP contribution in [-0.2, 0) is 4.79 Å². The Kier molecular flexibility index (Phi) is 6.33. The first-order valence-electron chi connectivity index (χ1n) is 10.4. The number of aromatic nitrogens is 3. The lowest BCUT2D eigenvalue weighted by atomic mass is 10.2. The van der Waals surface area contributed by atoms with Gasteiger partial charge in [0.25, 0.3) is 0 Å². The average Bonchev–Trinajstić information content (AvgIpc) is 3.49. The van der Waals surface area contributed by atoms with Crippen molar-refractivity contribution in [3.8, 4) is 38.4 Å². The molecule has 1 N–H and O–H groups in total. The number of benzene rings is 2. The summed E-state index contributed by atoms with van der Waals surface area (Å²) in [5, 5.41) is 13.1. The van der Waals surface area contributed by atoms with Crippen molar-refractivity contribution in [2.45, 2.75) is 11.9 Å². The molecule has 4 aromatic rings. The molecule has 10 heteroatoms. The second-order valence-corrected chi connectivity index (χ2v) is 9.32. The normalized spacial score (nSPS) is 11.9. The Labute approximate surface area is 204 Å². The zero-order valence-corrected chi connectivity index (χ0v) is 20.0. The standard InChI is InChI=1S/C24H20N4O4S2/c1-14-23(34-24(25-14)15-3-6-17(30-2)7-4-15)18-8-10-22(28-27-18)33-12-21(29)26-16-5-9-19-20(11-16)32-13-31-19/h3-11H,12-13H2,1-2H3,(H,26,29). The first kappa shape index (κ1) is 22.2. The van der Waals surface area contributed by atoms with Crippen molar-refractivity contribution in [1.29, 1.82) is 0 Å². The molecule has 0 saturated heterocycles. The van der Waals surface area contributed by atoms with Gasteiger partial charge < -0.3 is 19.5 Å². The van der Waals surface area contributed by atoms with Gasteiger partial charge in [-0.15, -0.1) is 21.5 Å². The van der Waals surface area contributed by atoms with Crippen LogP contribution in [0.2, 0.25) is 0 Å². The molecule has 0 spiro atoms. The SMILES string of the molecule is COc1ccc(-c2nc(C)c(-c3ccc(SCC(=O)Nc4ccc5c(c4)OCO5)nn3)s2)cc1. The number of nitrogens with zero attached hydrogens (tertiary/aromatic N) is 3. The van der Waals surface area contributed by atoms with Crippen LogP contribution in [0, 0.1) is 6.92 Å². The van der Waals surface area contributed by atoms with E-state index >= 15 is 0 Å². The third-order valence-corrected chi connectivity index (χ3v) is 7.16. The van der Waals surface area contributed by atoms with Gasteiger partial charge in [0, 0.05) is 17.3 Å². The lowest BCUT2D eigenvalue weighted by molar-refractivity contribution is -0.113. The molecule has 0 radical (unpaired) electrons. The van der Waals surface area contributed by atoms with Gasteiger partial charge in [-0.25, -0.2) is 4.98 Å². The minimum absolute atomic E-state index is 0.142. The maximum atomic E-state index is 12.3. The molecule has 2 aromatic carbocycles. The Balaban J connectivity index is 1.21. The van der Waals surface area contributed by atoms with E-state index in [0.717, 1.165) is 32.6 Å². The molecule has 0 saturated carbocycles. The Morgan fingerprint density at radius 1 is 1.09 bits per heavy atom. The topological polar surface area (TPSA) is 95.5 Å². The van der Waals surface area contributed by atoms with Crippen LogP contribution < -0.4 is 19.5 Å². The number of methoxy groups -OCH3 is 1. The highest BCUT2D eigenvalue weighted by Crippen LogP contribution is 2.36. The Morgan fingerprint density at radius 2 is 1.91 bits per heavy atom. The maximum absolute atomic E-state index is 12.3. The fourth-order valence-electron chi connectivity index (χ4n) is 3.32. The summed E-state index contributed by atoms with van der Waals surface area (Å²) < 4.78 is 15.8. The van der Waals surface area contributed by atoms with Crippen molar-refractivity contribution in [2.75, 3.05) is 25.0 Å². The molecular weight excluding hydrogens is 472 g/mol. The number of carbonyl (C=O) groups excluding carboxylic acids is 1. The molecule has 34 heavy (non-hydrogen) atoms. The van der Waals surface area contributed by atoms with E-state index in [1.165, 1.54) is 11.8 Å². The summed E-state index contributed by atoms with van der Waals surface area (Å²) in [5.41, 5.74) is 3.33. The molecule has 8 nitrogen and oxygen atoms in total. The number of fused-ring (bicyclic) bond motifs is 1. The predicted molar refractivity (Wildman–Crippen MR) is 132 cm³/mol. The average molecular weight is 493 g/mol. The molecule has 1 aliphatic heterocycles. The van der Waals surface area contributed by atoms with Crippen molar-refractivity contribution in [2.24, 2.45) is 0 Å². The second kappa shape index (κ2) is 9.70. The molecule has 3 heterocycles. The second-order valence-electron chi connectivity index (χ2n) is 7.32. The number of hydrogen-bond acceptors (Lipinski definition) is 9. The summed E-state index contributed by atoms with van der Waals surface area (Å²) >= 11 is 2.89. The highest BCUT2D eigenvalue weighted by Gasteiger charge is 2.15. The van der Waals surface area contributed by atoms with E-state index in [1.807, 2.05) is 43.3 Å². The van der Waals surface area contributed by atoms with Gasteiger partial charge in [-0.1, -0.05) is 11.8 Å². The van der Waals surface area contributed by atoms with Crippen LogP contribution in [0.25, 0.3) is 21.1 Å². The van der Waals surface area contributed by atoms with Crippen molar-refractivity contribution >= 4 is 34.7 Å². The molecule has 0 bridgehead atoms. The number of rotatable bonds is 7. The van der Waals surface area contributed by atoms with Gasteiger partial charge in [-0.3, -0.25) is 4.79 Å². The minimum atomic E-state index is -0.142. The van der Waals surface area contributed by atoms with Gasteiger partial charge in [0.1, 0.15) is 21.5 Å². The lowest BCUT2D eigenvalue weighted by Gasteiger charge is -2.06. The van der Waals surface area contributed by atoms with Crippen LogP contribution in [0.4, 0.5) is 5.69 Å². The van der Waals surface area contributed by atoms with Crippen LogP contribution in [0.5, 0.6) is 17.2 Å². The van der Waals surface area contributed by atoms with E-state index in [1.54, 1.807) is 36.6 Å². The Morgan fingerprint density at radius 3 is 2.68 bits per heavy atom.